The van der Waals surface area contributed by atoms with E-state index in [-0.39, 0.29) is 17.5 Å². The molecule has 0 bridgehead atoms. The van der Waals surface area contributed by atoms with Crippen molar-refractivity contribution in [1.82, 2.24) is 4.90 Å². The fourth-order valence-electron chi connectivity index (χ4n) is 3.38. The van der Waals surface area contributed by atoms with Crippen molar-refractivity contribution in [3.05, 3.63) is 59.9 Å². The minimum atomic E-state index is -0.237. The number of nitrogens with zero attached hydrogens (tertiary/aromatic N) is 2. The number of para-hydroxylation sites is 1. The summed E-state index contributed by atoms with van der Waals surface area (Å²) in [6, 6.07) is 13.7. The molecule has 1 aliphatic heterocycles. The average Bonchev–Trinajstić information content (AvgIpc) is 2.74. The first-order chi connectivity index (χ1) is 13.6. The van der Waals surface area contributed by atoms with E-state index in [9.17, 15) is 14.0 Å². The Kier molecular flexibility index (Phi) is 6.63. The molecule has 1 saturated heterocycles. The number of anilines is 1. The number of ether oxygens (including phenoxy) is 1. The van der Waals surface area contributed by atoms with Crippen molar-refractivity contribution < 1.29 is 18.7 Å². The summed E-state index contributed by atoms with van der Waals surface area (Å²) >= 11 is 0. The first-order valence-electron chi connectivity index (χ1n) is 9.53. The van der Waals surface area contributed by atoms with Gasteiger partial charge < -0.3 is 14.5 Å². The second-order valence-corrected chi connectivity index (χ2v) is 6.82. The maximum atomic E-state index is 13.9. The maximum Gasteiger partial charge on any atom is 0.222 e. The van der Waals surface area contributed by atoms with Gasteiger partial charge in [0.1, 0.15) is 11.6 Å². The van der Waals surface area contributed by atoms with Gasteiger partial charge in [-0.25, -0.2) is 4.39 Å². The largest absolute Gasteiger partial charge is 0.497 e. The molecule has 0 unspecified atom stereocenters. The Labute approximate surface area is 164 Å². The lowest BCUT2D eigenvalue weighted by Crippen LogP contribution is -2.49. The van der Waals surface area contributed by atoms with E-state index in [1.54, 1.807) is 48.4 Å². The van der Waals surface area contributed by atoms with Gasteiger partial charge in [-0.2, -0.15) is 0 Å². The zero-order valence-corrected chi connectivity index (χ0v) is 16.1. The molecule has 1 heterocycles. The van der Waals surface area contributed by atoms with Crippen molar-refractivity contribution in [2.75, 3.05) is 38.2 Å². The van der Waals surface area contributed by atoms with Crippen LogP contribution in [0.5, 0.6) is 5.75 Å². The summed E-state index contributed by atoms with van der Waals surface area (Å²) in [5.41, 5.74) is 1.21. The summed E-state index contributed by atoms with van der Waals surface area (Å²) in [5.74, 6) is 0.552. The zero-order valence-electron chi connectivity index (χ0n) is 16.1. The van der Waals surface area contributed by atoms with Crippen LogP contribution in [0.3, 0.4) is 0 Å². The highest BCUT2D eigenvalue weighted by atomic mass is 19.1. The van der Waals surface area contributed by atoms with Gasteiger partial charge in [0.05, 0.1) is 12.8 Å². The molecule has 1 amide bonds. The monoisotopic (exact) mass is 384 g/mol. The fraction of sp³-hybridized carbons (Fsp3) is 0.364. The number of ketones is 1. The van der Waals surface area contributed by atoms with Gasteiger partial charge in [-0.1, -0.05) is 12.1 Å². The first kappa shape index (κ1) is 19.9. The van der Waals surface area contributed by atoms with E-state index in [4.69, 9.17) is 4.74 Å². The van der Waals surface area contributed by atoms with Crippen molar-refractivity contribution >= 4 is 17.4 Å². The number of carbonyl (C=O) groups is 2. The third-order valence-electron chi connectivity index (χ3n) is 5.03. The van der Waals surface area contributed by atoms with Crippen LogP contribution in [0.2, 0.25) is 0 Å². The van der Waals surface area contributed by atoms with Crippen molar-refractivity contribution in [1.29, 1.82) is 0 Å². The van der Waals surface area contributed by atoms with Gasteiger partial charge in [0.2, 0.25) is 5.91 Å². The highest BCUT2D eigenvalue weighted by Crippen LogP contribution is 2.20. The second kappa shape index (κ2) is 9.35. The minimum absolute atomic E-state index is 0.0276. The molecule has 1 fully saturated rings. The van der Waals surface area contributed by atoms with Gasteiger partial charge >= 0.3 is 0 Å². The van der Waals surface area contributed by atoms with Crippen LogP contribution in [0, 0.1) is 5.82 Å². The average molecular weight is 384 g/mol. The SMILES string of the molecule is COc1ccc(C(=O)CCCC(=O)N2CCN(c3ccccc3F)CC2)cc1. The molecule has 0 saturated carbocycles. The molecule has 28 heavy (non-hydrogen) atoms. The molecule has 0 spiro atoms. The lowest BCUT2D eigenvalue weighted by Gasteiger charge is -2.36. The normalized spacial score (nSPS) is 14.1. The molecule has 148 valence electrons. The van der Waals surface area contributed by atoms with E-state index >= 15 is 0 Å². The molecular weight excluding hydrogens is 359 g/mol. The van der Waals surface area contributed by atoms with Crippen LogP contribution in [-0.2, 0) is 4.79 Å². The van der Waals surface area contributed by atoms with E-state index in [1.807, 2.05) is 11.0 Å². The molecule has 0 aliphatic carbocycles. The van der Waals surface area contributed by atoms with Gasteiger partial charge in [0.25, 0.3) is 0 Å². The number of rotatable bonds is 7. The van der Waals surface area contributed by atoms with Crippen LogP contribution in [0.15, 0.2) is 48.5 Å². The molecule has 2 aromatic carbocycles. The Morgan fingerprint density at radius 2 is 1.64 bits per heavy atom. The predicted molar refractivity (Wildman–Crippen MR) is 106 cm³/mol. The van der Waals surface area contributed by atoms with Crippen molar-refractivity contribution in [3.8, 4) is 5.75 Å². The molecular formula is C22H25FN2O3. The van der Waals surface area contributed by atoms with E-state index in [0.717, 1.165) is 0 Å². The highest BCUT2D eigenvalue weighted by molar-refractivity contribution is 5.96. The van der Waals surface area contributed by atoms with Crippen LogP contribution in [0.1, 0.15) is 29.6 Å². The van der Waals surface area contributed by atoms with Gasteiger partial charge in [0, 0.05) is 44.6 Å². The third kappa shape index (κ3) is 4.88. The van der Waals surface area contributed by atoms with E-state index < -0.39 is 0 Å². The molecule has 6 heteroatoms. The molecule has 0 aromatic heterocycles. The first-order valence-corrected chi connectivity index (χ1v) is 9.53. The van der Waals surface area contributed by atoms with Crippen molar-refractivity contribution in [3.63, 3.8) is 0 Å². The Morgan fingerprint density at radius 3 is 2.29 bits per heavy atom. The van der Waals surface area contributed by atoms with Gasteiger partial charge in [-0.05, 0) is 42.8 Å². The number of piperazine rings is 1. The number of halogens is 1. The van der Waals surface area contributed by atoms with Crippen LogP contribution in [0.4, 0.5) is 10.1 Å². The number of Topliss-reactive ketones (excluding diaryl/α,β-unsaturated/α-hetero) is 1. The maximum absolute atomic E-state index is 13.9. The van der Waals surface area contributed by atoms with Crippen LogP contribution >= 0.6 is 0 Å². The number of amides is 1. The van der Waals surface area contributed by atoms with Crippen molar-refractivity contribution in [2.45, 2.75) is 19.3 Å². The zero-order chi connectivity index (χ0) is 19.9. The van der Waals surface area contributed by atoms with Gasteiger partial charge in [-0.3, -0.25) is 9.59 Å². The molecule has 2 aromatic rings. The summed E-state index contributed by atoms with van der Waals surface area (Å²) in [6.45, 7) is 2.36. The Morgan fingerprint density at radius 1 is 0.964 bits per heavy atom. The summed E-state index contributed by atoms with van der Waals surface area (Å²) in [5, 5.41) is 0. The second-order valence-electron chi connectivity index (χ2n) is 6.82. The topological polar surface area (TPSA) is 49.9 Å². The summed E-state index contributed by atoms with van der Waals surface area (Å²) in [4.78, 5) is 28.4. The molecule has 5 nitrogen and oxygen atoms in total. The highest BCUT2D eigenvalue weighted by Gasteiger charge is 2.22. The summed E-state index contributed by atoms with van der Waals surface area (Å²) in [7, 11) is 1.58. The Hall–Kier alpha value is -2.89. The van der Waals surface area contributed by atoms with E-state index in [0.29, 0.717) is 62.4 Å². The molecule has 0 N–H and O–H groups in total. The lowest BCUT2D eigenvalue weighted by atomic mass is 10.0. The lowest BCUT2D eigenvalue weighted by molar-refractivity contribution is -0.131. The van der Waals surface area contributed by atoms with Crippen LogP contribution in [0.25, 0.3) is 0 Å². The quantitative estimate of drug-likeness (QED) is 0.685. The number of hydrogen-bond acceptors (Lipinski definition) is 4. The van der Waals surface area contributed by atoms with Gasteiger partial charge in [-0.15, -0.1) is 0 Å². The number of carbonyl (C=O) groups excluding carboxylic acids is 2. The summed E-state index contributed by atoms with van der Waals surface area (Å²) < 4.78 is 19.0. The standard InChI is InChI=1S/C22H25FN2O3/c1-28-18-11-9-17(10-12-18)21(26)7-4-8-22(27)25-15-13-24(14-16-25)20-6-3-2-5-19(20)23/h2-3,5-6,9-12H,4,7-8,13-16H2,1H3. The van der Waals surface area contributed by atoms with Crippen molar-refractivity contribution in [2.24, 2.45) is 0 Å². The molecule has 0 atom stereocenters. The Bertz CT molecular complexity index is 815. The molecule has 1 aliphatic rings. The predicted octanol–water partition coefficient (Wildman–Crippen LogP) is 3.54. The third-order valence-corrected chi connectivity index (χ3v) is 5.03. The van der Waals surface area contributed by atoms with E-state index in [2.05, 4.69) is 0 Å². The van der Waals surface area contributed by atoms with Crippen LogP contribution in [-0.4, -0.2) is 49.9 Å². The number of hydrogen-bond donors (Lipinski definition) is 0. The number of benzene rings is 2. The Balaban J connectivity index is 1.42. The molecule has 0 radical (unpaired) electrons. The van der Waals surface area contributed by atoms with Gasteiger partial charge in [0.15, 0.2) is 5.78 Å². The number of methoxy groups -OCH3 is 1. The fourth-order valence-corrected chi connectivity index (χ4v) is 3.38. The van der Waals surface area contributed by atoms with Crippen LogP contribution < -0.4 is 9.64 Å². The minimum Gasteiger partial charge on any atom is -0.497 e. The smallest absolute Gasteiger partial charge is 0.222 e. The van der Waals surface area contributed by atoms with E-state index in [1.165, 1.54) is 6.07 Å². The summed E-state index contributed by atoms with van der Waals surface area (Å²) in [6.07, 6.45) is 1.21. The molecule has 3 rings (SSSR count).